The Morgan fingerprint density at radius 3 is 2.88 bits per heavy atom. The fourth-order valence-electron chi connectivity index (χ4n) is 1.30. The first-order valence-electron chi connectivity index (χ1n) is 4.58. The SMILES string of the molecule is Fc1ccc(Cn2cc(CCl)nn2)c(Br)c1. The second-order valence-electron chi connectivity index (χ2n) is 3.28. The van der Waals surface area contributed by atoms with E-state index in [-0.39, 0.29) is 5.82 Å². The average Bonchev–Trinajstić information content (AvgIpc) is 2.70. The zero-order valence-corrected chi connectivity index (χ0v) is 10.5. The highest BCUT2D eigenvalue weighted by atomic mass is 79.9. The van der Waals surface area contributed by atoms with Gasteiger partial charge in [0.2, 0.25) is 0 Å². The highest BCUT2D eigenvalue weighted by Gasteiger charge is 2.04. The van der Waals surface area contributed by atoms with Gasteiger partial charge < -0.3 is 0 Å². The molecule has 0 saturated heterocycles. The highest BCUT2D eigenvalue weighted by molar-refractivity contribution is 9.10. The summed E-state index contributed by atoms with van der Waals surface area (Å²) < 4.78 is 15.2. The Hall–Kier alpha value is -0.940. The molecule has 0 fully saturated rings. The number of benzene rings is 1. The van der Waals surface area contributed by atoms with Crippen molar-refractivity contribution in [1.82, 2.24) is 15.0 Å². The Morgan fingerprint density at radius 2 is 2.25 bits per heavy atom. The van der Waals surface area contributed by atoms with Crippen LogP contribution in [0.1, 0.15) is 11.3 Å². The topological polar surface area (TPSA) is 30.7 Å². The van der Waals surface area contributed by atoms with Crippen molar-refractivity contribution >= 4 is 27.5 Å². The average molecular weight is 305 g/mol. The molecule has 2 rings (SSSR count). The zero-order chi connectivity index (χ0) is 11.5. The van der Waals surface area contributed by atoms with Crippen LogP contribution < -0.4 is 0 Å². The lowest BCUT2D eigenvalue weighted by atomic mass is 10.2. The van der Waals surface area contributed by atoms with Crippen LogP contribution in [0, 0.1) is 5.82 Å². The number of aromatic nitrogens is 3. The molecule has 0 aliphatic rings. The molecule has 1 aromatic carbocycles. The van der Waals surface area contributed by atoms with Crippen molar-refractivity contribution in [3.05, 3.63) is 45.9 Å². The van der Waals surface area contributed by atoms with Crippen LogP contribution in [0.15, 0.2) is 28.9 Å². The Labute approximate surface area is 105 Å². The third kappa shape index (κ3) is 2.59. The molecule has 1 heterocycles. The molecular weight excluding hydrogens is 296 g/mol. The summed E-state index contributed by atoms with van der Waals surface area (Å²) in [6.07, 6.45) is 1.77. The Kier molecular flexibility index (Phi) is 3.56. The molecule has 0 atom stereocenters. The summed E-state index contributed by atoms with van der Waals surface area (Å²) in [5.74, 6) is 0.0700. The molecule has 0 saturated carbocycles. The van der Waals surface area contributed by atoms with Crippen molar-refractivity contribution in [3.63, 3.8) is 0 Å². The molecule has 1 aromatic heterocycles. The Bertz CT molecular complexity index is 501. The molecule has 0 aliphatic carbocycles. The summed E-state index contributed by atoms with van der Waals surface area (Å²) in [6.45, 7) is 0.532. The number of alkyl halides is 1. The second-order valence-corrected chi connectivity index (χ2v) is 4.40. The summed E-state index contributed by atoms with van der Waals surface area (Å²) in [7, 11) is 0. The molecule has 2 aromatic rings. The molecule has 0 N–H and O–H groups in total. The summed E-state index contributed by atoms with van der Waals surface area (Å²) in [6, 6.07) is 4.55. The van der Waals surface area contributed by atoms with E-state index in [1.807, 2.05) is 0 Å². The van der Waals surface area contributed by atoms with E-state index in [1.54, 1.807) is 16.9 Å². The quantitative estimate of drug-likeness (QED) is 0.816. The third-order valence-electron chi connectivity index (χ3n) is 2.07. The lowest BCUT2D eigenvalue weighted by Gasteiger charge is -2.03. The minimum absolute atomic E-state index is 0.268. The van der Waals surface area contributed by atoms with E-state index in [9.17, 15) is 4.39 Å². The molecular formula is C10H8BrClFN3. The van der Waals surface area contributed by atoms with Crippen molar-refractivity contribution in [2.45, 2.75) is 12.4 Å². The first-order valence-corrected chi connectivity index (χ1v) is 5.90. The molecule has 84 valence electrons. The van der Waals surface area contributed by atoms with Crippen molar-refractivity contribution in [1.29, 1.82) is 0 Å². The van der Waals surface area contributed by atoms with Crippen LogP contribution in [0.2, 0.25) is 0 Å². The number of hydrogen-bond donors (Lipinski definition) is 0. The van der Waals surface area contributed by atoms with E-state index in [2.05, 4.69) is 26.2 Å². The molecule has 16 heavy (non-hydrogen) atoms. The maximum absolute atomic E-state index is 12.9. The molecule has 3 nitrogen and oxygen atoms in total. The molecule has 0 bridgehead atoms. The van der Waals surface area contributed by atoms with Gasteiger partial charge in [0.05, 0.1) is 24.3 Å². The number of nitrogens with zero attached hydrogens (tertiary/aromatic N) is 3. The predicted octanol–water partition coefficient (Wildman–Crippen LogP) is 2.97. The molecule has 0 aliphatic heterocycles. The molecule has 0 radical (unpaired) electrons. The van der Waals surface area contributed by atoms with Crippen molar-refractivity contribution < 1.29 is 4.39 Å². The number of rotatable bonds is 3. The molecule has 0 spiro atoms. The number of halogens is 3. The lowest BCUT2D eigenvalue weighted by Crippen LogP contribution is -2.01. The normalized spacial score (nSPS) is 10.7. The maximum Gasteiger partial charge on any atom is 0.124 e. The monoisotopic (exact) mass is 303 g/mol. The first kappa shape index (κ1) is 11.5. The van der Waals surface area contributed by atoms with Crippen molar-refractivity contribution in [2.75, 3.05) is 0 Å². The van der Waals surface area contributed by atoms with Crippen LogP contribution >= 0.6 is 27.5 Å². The van der Waals surface area contributed by atoms with Gasteiger partial charge in [-0.1, -0.05) is 27.2 Å². The number of hydrogen-bond acceptors (Lipinski definition) is 2. The van der Waals surface area contributed by atoms with Crippen molar-refractivity contribution in [2.24, 2.45) is 0 Å². The summed E-state index contributed by atoms with van der Waals surface area (Å²) in [5.41, 5.74) is 1.66. The van der Waals surface area contributed by atoms with E-state index in [4.69, 9.17) is 11.6 Å². The van der Waals surface area contributed by atoms with Crippen LogP contribution in [0.5, 0.6) is 0 Å². The predicted molar refractivity (Wildman–Crippen MR) is 62.8 cm³/mol. The minimum Gasteiger partial charge on any atom is -0.248 e. The van der Waals surface area contributed by atoms with E-state index in [0.29, 0.717) is 12.4 Å². The van der Waals surface area contributed by atoms with Gasteiger partial charge in [-0.3, -0.25) is 0 Å². The van der Waals surface area contributed by atoms with Crippen LogP contribution in [0.25, 0.3) is 0 Å². The first-order chi connectivity index (χ1) is 7.69. The van der Waals surface area contributed by atoms with Gasteiger partial charge in [0.25, 0.3) is 0 Å². The van der Waals surface area contributed by atoms with Gasteiger partial charge in [0.1, 0.15) is 5.82 Å². The lowest BCUT2D eigenvalue weighted by molar-refractivity contribution is 0.619. The Balaban J connectivity index is 2.20. The van der Waals surface area contributed by atoms with Gasteiger partial charge in [0.15, 0.2) is 0 Å². The molecule has 0 amide bonds. The standard InChI is InChI=1S/C10H8BrClFN3/c11-10-3-8(13)2-1-7(10)5-16-6-9(4-12)14-15-16/h1-3,6H,4-5H2. The van der Waals surface area contributed by atoms with E-state index < -0.39 is 0 Å². The van der Waals surface area contributed by atoms with Gasteiger partial charge in [0, 0.05) is 4.47 Å². The third-order valence-corrected chi connectivity index (χ3v) is 3.08. The fourth-order valence-corrected chi connectivity index (χ4v) is 1.90. The van der Waals surface area contributed by atoms with Crippen molar-refractivity contribution in [3.8, 4) is 0 Å². The van der Waals surface area contributed by atoms with E-state index >= 15 is 0 Å². The van der Waals surface area contributed by atoms with Crippen LogP contribution in [0.3, 0.4) is 0 Å². The highest BCUT2D eigenvalue weighted by Crippen LogP contribution is 2.18. The summed E-state index contributed by atoms with van der Waals surface area (Å²) in [4.78, 5) is 0. The van der Waals surface area contributed by atoms with E-state index in [0.717, 1.165) is 15.7 Å². The maximum atomic E-state index is 12.9. The Morgan fingerprint density at radius 1 is 1.44 bits per heavy atom. The van der Waals surface area contributed by atoms with Gasteiger partial charge in [-0.05, 0) is 17.7 Å². The van der Waals surface area contributed by atoms with Crippen LogP contribution in [-0.2, 0) is 12.4 Å². The smallest absolute Gasteiger partial charge is 0.124 e. The van der Waals surface area contributed by atoms with E-state index in [1.165, 1.54) is 12.1 Å². The van der Waals surface area contributed by atoms with Crippen LogP contribution in [0.4, 0.5) is 4.39 Å². The minimum atomic E-state index is -0.268. The van der Waals surface area contributed by atoms with Crippen LogP contribution in [-0.4, -0.2) is 15.0 Å². The summed E-state index contributed by atoms with van der Waals surface area (Å²) in [5, 5.41) is 7.78. The molecule has 6 heteroatoms. The van der Waals surface area contributed by atoms with Gasteiger partial charge >= 0.3 is 0 Å². The zero-order valence-electron chi connectivity index (χ0n) is 8.20. The largest absolute Gasteiger partial charge is 0.248 e. The van der Waals surface area contributed by atoms with Gasteiger partial charge in [-0.2, -0.15) is 0 Å². The molecule has 0 unspecified atom stereocenters. The second kappa shape index (κ2) is 4.93. The summed E-state index contributed by atoms with van der Waals surface area (Å²) >= 11 is 8.92. The van der Waals surface area contributed by atoms with Gasteiger partial charge in [-0.25, -0.2) is 9.07 Å². The van der Waals surface area contributed by atoms with Gasteiger partial charge in [-0.15, -0.1) is 16.7 Å². The fraction of sp³-hybridized carbons (Fsp3) is 0.200.